The van der Waals surface area contributed by atoms with Crippen molar-refractivity contribution >= 4 is 33.0 Å². The zero-order chi connectivity index (χ0) is 12.2. The first-order chi connectivity index (χ1) is 7.53. The van der Waals surface area contributed by atoms with Gasteiger partial charge >= 0.3 is 0 Å². The Hall–Kier alpha value is -0.140. The molecule has 7 heteroatoms. The molecule has 0 unspecified atom stereocenters. The number of nitrogens with one attached hydrogen (secondary N) is 1. The maximum Gasteiger partial charge on any atom is 0.242 e. The van der Waals surface area contributed by atoms with Crippen LogP contribution in [0.3, 0.4) is 0 Å². The lowest BCUT2D eigenvalue weighted by atomic mass is 10.3. The zero-order valence-corrected chi connectivity index (χ0v) is 11.5. The van der Waals surface area contributed by atoms with Crippen LogP contribution in [0.25, 0.3) is 0 Å². The molecule has 4 nitrogen and oxygen atoms in total. The average molecular weight is 284 g/mol. The number of hydrogen-bond donors (Lipinski definition) is 1. The fraction of sp³-hybridized carbons (Fsp3) is 0.556. The van der Waals surface area contributed by atoms with Crippen LogP contribution in [-0.2, 0) is 20.6 Å². The van der Waals surface area contributed by atoms with Crippen LogP contribution in [0.2, 0.25) is 0 Å². The van der Waals surface area contributed by atoms with Gasteiger partial charge in [-0.3, -0.25) is 0 Å². The van der Waals surface area contributed by atoms with Gasteiger partial charge in [0.2, 0.25) is 10.0 Å². The Morgan fingerprint density at radius 2 is 2.25 bits per heavy atom. The molecule has 0 saturated heterocycles. The van der Waals surface area contributed by atoms with Gasteiger partial charge in [-0.05, 0) is 17.9 Å². The summed E-state index contributed by atoms with van der Waals surface area (Å²) in [5, 5.41) is 1.79. The number of halogens is 1. The molecule has 0 aliphatic heterocycles. The van der Waals surface area contributed by atoms with Crippen LogP contribution in [-0.4, -0.2) is 28.7 Å². The fourth-order valence-corrected chi connectivity index (χ4v) is 4.36. The van der Waals surface area contributed by atoms with E-state index in [9.17, 15) is 8.42 Å². The molecule has 0 aromatic carbocycles. The second-order valence-electron chi connectivity index (χ2n) is 3.20. The van der Waals surface area contributed by atoms with Crippen molar-refractivity contribution in [2.24, 2.45) is 0 Å². The summed E-state index contributed by atoms with van der Waals surface area (Å²) in [6.45, 7) is 2.37. The highest BCUT2D eigenvalue weighted by Crippen LogP contribution is 2.27. The van der Waals surface area contributed by atoms with Gasteiger partial charge in [0.1, 0.15) is 0 Å². The number of alkyl halides is 1. The van der Waals surface area contributed by atoms with Crippen LogP contribution >= 0.6 is 22.9 Å². The minimum Gasteiger partial charge on any atom is -0.383 e. The van der Waals surface area contributed by atoms with Gasteiger partial charge in [0.25, 0.3) is 0 Å². The minimum absolute atomic E-state index is 0.207. The fourth-order valence-electron chi connectivity index (χ4n) is 1.29. The van der Waals surface area contributed by atoms with Crippen molar-refractivity contribution in [3.05, 3.63) is 15.8 Å². The van der Waals surface area contributed by atoms with Gasteiger partial charge in [-0.1, -0.05) is 0 Å². The van der Waals surface area contributed by atoms with Crippen LogP contribution in [0.4, 0.5) is 0 Å². The van der Waals surface area contributed by atoms with Crippen molar-refractivity contribution in [1.82, 2.24) is 4.72 Å². The second-order valence-corrected chi connectivity index (χ2v) is 6.13. The number of sulfonamides is 1. The lowest BCUT2D eigenvalue weighted by Gasteiger charge is -2.07. The Kier molecular flexibility index (Phi) is 5.20. The normalized spacial score (nSPS) is 11.9. The molecule has 1 N–H and O–H groups in total. The quantitative estimate of drug-likeness (QED) is 0.639. The van der Waals surface area contributed by atoms with Gasteiger partial charge in [-0.25, -0.2) is 13.1 Å². The van der Waals surface area contributed by atoms with E-state index in [-0.39, 0.29) is 12.4 Å². The predicted octanol–water partition coefficient (Wildman–Crippen LogP) is 1.72. The topological polar surface area (TPSA) is 55.4 Å². The van der Waals surface area contributed by atoms with Crippen LogP contribution in [0.15, 0.2) is 10.3 Å². The van der Waals surface area contributed by atoms with E-state index in [4.69, 9.17) is 16.3 Å². The summed E-state index contributed by atoms with van der Waals surface area (Å²) >= 11 is 7.07. The van der Waals surface area contributed by atoms with Gasteiger partial charge in [0.15, 0.2) is 0 Å². The van der Waals surface area contributed by atoms with Crippen molar-refractivity contribution in [2.45, 2.75) is 17.7 Å². The minimum atomic E-state index is -3.47. The van der Waals surface area contributed by atoms with Crippen molar-refractivity contribution in [3.8, 4) is 0 Å². The number of thiophene rings is 1. The molecular formula is C9H14ClNO3S2. The van der Waals surface area contributed by atoms with Crippen LogP contribution in [0.5, 0.6) is 0 Å². The molecule has 1 rings (SSSR count). The third kappa shape index (κ3) is 3.18. The first-order valence-electron chi connectivity index (χ1n) is 4.64. The Morgan fingerprint density at radius 1 is 1.56 bits per heavy atom. The maximum atomic E-state index is 12.0. The summed E-state index contributed by atoms with van der Waals surface area (Å²) < 4.78 is 31.2. The Balaban J connectivity index is 2.93. The van der Waals surface area contributed by atoms with Crippen molar-refractivity contribution in [1.29, 1.82) is 0 Å². The van der Waals surface area contributed by atoms with E-state index in [0.29, 0.717) is 16.4 Å². The molecule has 0 fully saturated rings. The number of aryl methyl sites for hydroxylation is 1. The number of rotatable bonds is 6. The van der Waals surface area contributed by atoms with Gasteiger partial charge in [-0.2, -0.15) is 0 Å². The summed E-state index contributed by atoms with van der Waals surface area (Å²) in [5.41, 5.74) is 0.727. The highest BCUT2D eigenvalue weighted by molar-refractivity contribution is 7.89. The van der Waals surface area contributed by atoms with E-state index in [1.807, 2.05) is 0 Å². The van der Waals surface area contributed by atoms with E-state index in [2.05, 4.69) is 4.72 Å². The molecule has 1 heterocycles. The van der Waals surface area contributed by atoms with E-state index in [1.165, 1.54) is 18.4 Å². The molecule has 0 aliphatic rings. The van der Waals surface area contributed by atoms with Crippen LogP contribution in [0.1, 0.15) is 10.4 Å². The largest absolute Gasteiger partial charge is 0.383 e. The van der Waals surface area contributed by atoms with Crippen molar-refractivity contribution in [3.63, 3.8) is 0 Å². The standard InChI is InChI=1S/C9H14ClNO3S2/c1-7-6-15-8(5-10)9(7)16(12,13)11-3-4-14-2/h6,11H,3-5H2,1-2H3. The molecule has 0 amide bonds. The Bertz CT molecular complexity index is 442. The lowest BCUT2D eigenvalue weighted by molar-refractivity contribution is 0.204. The Labute approximate surface area is 105 Å². The summed E-state index contributed by atoms with van der Waals surface area (Å²) in [6, 6.07) is 0. The zero-order valence-electron chi connectivity index (χ0n) is 9.12. The molecule has 0 spiro atoms. The van der Waals surface area contributed by atoms with Gasteiger partial charge < -0.3 is 4.74 Å². The molecule has 1 aromatic heterocycles. The highest BCUT2D eigenvalue weighted by Gasteiger charge is 2.21. The van der Waals surface area contributed by atoms with E-state index < -0.39 is 10.0 Å². The summed E-state index contributed by atoms with van der Waals surface area (Å²) in [5.74, 6) is 0.207. The molecule has 92 valence electrons. The maximum absolute atomic E-state index is 12.0. The molecule has 0 bridgehead atoms. The first kappa shape index (κ1) is 13.9. The molecule has 1 aromatic rings. The molecule has 0 radical (unpaired) electrons. The summed E-state index contributed by atoms with van der Waals surface area (Å²) in [6.07, 6.45) is 0. The molecule has 16 heavy (non-hydrogen) atoms. The van der Waals surface area contributed by atoms with Crippen LogP contribution in [0, 0.1) is 6.92 Å². The third-order valence-electron chi connectivity index (χ3n) is 1.98. The van der Waals surface area contributed by atoms with Crippen molar-refractivity contribution < 1.29 is 13.2 Å². The third-order valence-corrected chi connectivity index (χ3v) is 5.33. The molecular weight excluding hydrogens is 270 g/mol. The van der Waals surface area contributed by atoms with Gasteiger partial charge in [-0.15, -0.1) is 22.9 Å². The van der Waals surface area contributed by atoms with E-state index in [0.717, 1.165) is 5.56 Å². The van der Waals surface area contributed by atoms with E-state index >= 15 is 0 Å². The van der Waals surface area contributed by atoms with Crippen molar-refractivity contribution in [2.75, 3.05) is 20.3 Å². The summed E-state index contributed by atoms with van der Waals surface area (Å²) in [7, 11) is -1.94. The molecule has 0 aliphatic carbocycles. The summed E-state index contributed by atoms with van der Waals surface area (Å²) in [4.78, 5) is 0.979. The average Bonchev–Trinajstić information content (AvgIpc) is 2.60. The number of methoxy groups -OCH3 is 1. The lowest BCUT2D eigenvalue weighted by Crippen LogP contribution is -2.28. The number of ether oxygens (including phenoxy) is 1. The van der Waals surface area contributed by atoms with Gasteiger partial charge in [0.05, 0.1) is 17.4 Å². The Morgan fingerprint density at radius 3 is 2.81 bits per heavy atom. The van der Waals surface area contributed by atoms with E-state index in [1.54, 1.807) is 12.3 Å². The first-order valence-corrected chi connectivity index (χ1v) is 7.54. The molecule has 0 saturated carbocycles. The highest BCUT2D eigenvalue weighted by atomic mass is 35.5. The smallest absolute Gasteiger partial charge is 0.242 e. The monoisotopic (exact) mass is 283 g/mol. The molecule has 0 atom stereocenters. The SMILES string of the molecule is COCCNS(=O)(=O)c1c(C)csc1CCl. The van der Waals surface area contributed by atoms with Crippen LogP contribution < -0.4 is 4.72 Å². The predicted molar refractivity (Wildman–Crippen MR) is 65.7 cm³/mol. The van der Waals surface area contributed by atoms with Gasteiger partial charge in [0, 0.05) is 18.5 Å². The second kappa shape index (κ2) is 5.97. The number of hydrogen-bond acceptors (Lipinski definition) is 4.